The number of carbonyl (C=O) groups is 1. The summed E-state index contributed by atoms with van der Waals surface area (Å²) < 4.78 is 5.08. The number of nitrogens with one attached hydrogen (secondary N) is 1. The van der Waals surface area contributed by atoms with Crippen molar-refractivity contribution in [3.05, 3.63) is 53.5 Å². The number of rotatable bonds is 3. The van der Waals surface area contributed by atoms with Crippen molar-refractivity contribution in [2.45, 2.75) is 20.0 Å². The standard InChI is InChI=1S/C14H15NO3/c1-9-7-12(8-18-9)14(17)15-13-5-3-11(4-6-13)10(2)16/h3-8,10,16H,1-2H3,(H,15,17). The zero-order chi connectivity index (χ0) is 13.1. The molecule has 1 unspecified atom stereocenters. The van der Waals surface area contributed by atoms with Gasteiger partial charge in [-0.15, -0.1) is 0 Å². The van der Waals surface area contributed by atoms with Gasteiger partial charge in [0.25, 0.3) is 5.91 Å². The zero-order valence-corrected chi connectivity index (χ0v) is 10.3. The molecule has 0 aliphatic carbocycles. The molecular formula is C14H15NO3. The average Bonchev–Trinajstić information content (AvgIpc) is 2.76. The molecule has 1 heterocycles. The number of carbonyl (C=O) groups excluding carboxylic acids is 1. The first-order valence-corrected chi connectivity index (χ1v) is 5.71. The molecule has 1 aromatic carbocycles. The van der Waals surface area contributed by atoms with Crippen LogP contribution in [0.1, 0.15) is 34.7 Å². The highest BCUT2D eigenvalue weighted by molar-refractivity contribution is 6.04. The van der Waals surface area contributed by atoms with E-state index in [9.17, 15) is 9.90 Å². The van der Waals surface area contributed by atoms with Crippen LogP contribution in [0.5, 0.6) is 0 Å². The monoisotopic (exact) mass is 245 g/mol. The van der Waals surface area contributed by atoms with E-state index in [2.05, 4.69) is 5.32 Å². The van der Waals surface area contributed by atoms with Crippen molar-refractivity contribution in [2.24, 2.45) is 0 Å². The van der Waals surface area contributed by atoms with Crippen molar-refractivity contribution >= 4 is 11.6 Å². The van der Waals surface area contributed by atoms with Crippen LogP contribution in [0.2, 0.25) is 0 Å². The highest BCUT2D eigenvalue weighted by Crippen LogP contribution is 2.16. The molecule has 0 saturated heterocycles. The summed E-state index contributed by atoms with van der Waals surface area (Å²) in [6.07, 6.45) is 0.917. The second-order valence-corrected chi connectivity index (χ2v) is 4.20. The van der Waals surface area contributed by atoms with Gasteiger partial charge in [-0.05, 0) is 37.6 Å². The third kappa shape index (κ3) is 2.78. The highest BCUT2D eigenvalue weighted by atomic mass is 16.3. The lowest BCUT2D eigenvalue weighted by molar-refractivity contribution is 0.102. The summed E-state index contributed by atoms with van der Waals surface area (Å²) in [7, 11) is 0. The molecule has 4 nitrogen and oxygen atoms in total. The maximum absolute atomic E-state index is 11.8. The summed E-state index contributed by atoms with van der Waals surface area (Å²) in [6.45, 7) is 3.48. The molecular weight excluding hydrogens is 230 g/mol. The molecule has 1 aromatic heterocycles. The average molecular weight is 245 g/mol. The zero-order valence-electron chi connectivity index (χ0n) is 10.3. The predicted octanol–water partition coefficient (Wildman–Crippen LogP) is 2.89. The molecule has 1 atom stereocenters. The van der Waals surface area contributed by atoms with Gasteiger partial charge in [0.05, 0.1) is 11.7 Å². The van der Waals surface area contributed by atoms with Gasteiger partial charge >= 0.3 is 0 Å². The third-order valence-electron chi connectivity index (χ3n) is 2.64. The van der Waals surface area contributed by atoms with E-state index >= 15 is 0 Å². The Morgan fingerprint density at radius 2 is 2.00 bits per heavy atom. The molecule has 0 saturated carbocycles. The van der Waals surface area contributed by atoms with Gasteiger partial charge in [0, 0.05) is 5.69 Å². The van der Waals surface area contributed by atoms with E-state index in [-0.39, 0.29) is 5.91 Å². The van der Waals surface area contributed by atoms with Gasteiger partial charge in [0.2, 0.25) is 0 Å². The molecule has 0 radical (unpaired) electrons. The Balaban J connectivity index is 2.07. The van der Waals surface area contributed by atoms with E-state index in [1.54, 1.807) is 44.2 Å². The lowest BCUT2D eigenvalue weighted by atomic mass is 10.1. The summed E-state index contributed by atoms with van der Waals surface area (Å²) in [5, 5.41) is 12.1. The van der Waals surface area contributed by atoms with Crippen LogP contribution in [0.4, 0.5) is 5.69 Å². The summed E-state index contributed by atoms with van der Waals surface area (Å²) in [4.78, 5) is 11.8. The molecule has 0 spiro atoms. The van der Waals surface area contributed by atoms with Gasteiger partial charge in [-0.1, -0.05) is 12.1 Å². The van der Waals surface area contributed by atoms with Crippen LogP contribution in [0.3, 0.4) is 0 Å². The smallest absolute Gasteiger partial charge is 0.258 e. The maximum Gasteiger partial charge on any atom is 0.258 e. The fourth-order valence-electron chi connectivity index (χ4n) is 1.61. The number of anilines is 1. The molecule has 94 valence electrons. The Morgan fingerprint density at radius 1 is 1.33 bits per heavy atom. The number of hydrogen-bond acceptors (Lipinski definition) is 3. The van der Waals surface area contributed by atoms with E-state index < -0.39 is 6.10 Å². The molecule has 1 amide bonds. The highest BCUT2D eigenvalue weighted by Gasteiger charge is 2.09. The first-order chi connectivity index (χ1) is 8.56. The van der Waals surface area contributed by atoms with Crippen molar-refractivity contribution in [1.29, 1.82) is 0 Å². The fourth-order valence-corrected chi connectivity index (χ4v) is 1.61. The number of benzene rings is 1. The Morgan fingerprint density at radius 3 is 2.50 bits per heavy atom. The first kappa shape index (κ1) is 12.4. The van der Waals surface area contributed by atoms with Gasteiger partial charge in [0.15, 0.2) is 0 Å². The number of aliphatic hydroxyl groups is 1. The minimum atomic E-state index is -0.508. The third-order valence-corrected chi connectivity index (χ3v) is 2.64. The van der Waals surface area contributed by atoms with Gasteiger partial charge in [-0.2, -0.15) is 0 Å². The van der Waals surface area contributed by atoms with E-state index in [1.807, 2.05) is 0 Å². The largest absolute Gasteiger partial charge is 0.469 e. The number of furan rings is 1. The van der Waals surface area contributed by atoms with E-state index in [4.69, 9.17) is 4.42 Å². The Labute approximate surface area is 105 Å². The van der Waals surface area contributed by atoms with Crippen LogP contribution in [-0.4, -0.2) is 11.0 Å². The van der Waals surface area contributed by atoms with Crippen LogP contribution >= 0.6 is 0 Å². The Kier molecular flexibility index (Phi) is 3.48. The molecule has 2 rings (SSSR count). The van der Waals surface area contributed by atoms with Crippen LogP contribution in [0.15, 0.2) is 41.0 Å². The number of amides is 1. The lowest BCUT2D eigenvalue weighted by Gasteiger charge is -2.07. The Hall–Kier alpha value is -2.07. The molecule has 0 bridgehead atoms. The normalized spacial score (nSPS) is 12.2. The molecule has 0 aliphatic rings. The van der Waals surface area contributed by atoms with Gasteiger partial charge in [0.1, 0.15) is 12.0 Å². The van der Waals surface area contributed by atoms with Gasteiger partial charge in [-0.3, -0.25) is 4.79 Å². The summed E-state index contributed by atoms with van der Waals surface area (Å²) >= 11 is 0. The van der Waals surface area contributed by atoms with Crippen molar-refractivity contribution in [3.8, 4) is 0 Å². The molecule has 18 heavy (non-hydrogen) atoms. The fraction of sp³-hybridized carbons (Fsp3) is 0.214. The number of aryl methyl sites for hydroxylation is 1. The quantitative estimate of drug-likeness (QED) is 0.874. The van der Waals surface area contributed by atoms with Crippen LogP contribution in [0, 0.1) is 6.92 Å². The van der Waals surface area contributed by atoms with Crippen molar-refractivity contribution in [3.63, 3.8) is 0 Å². The van der Waals surface area contributed by atoms with Crippen molar-refractivity contribution in [2.75, 3.05) is 5.32 Å². The molecule has 2 aromatic rings. The lowest BCUT2D eigenvalue weighted by Crippen LogP contribution is -2.10. The topological polar surface area (TPSA) is 62.5 Å². The van der Waals surface area contributed by atoms with Gasteiger partial charge in [-0.25, -0.2) is 0 Å². The van der Waals surface area contributed by atoms with Crippen LogP contribution in [-0.2, 0) is 0 Å². The maximum atomic E-state index is 11.8. The molecule has 2 N–H and O–H groups in total. The van der Waals surface area contributed by atoms with Crippen LogP contribution in [0.25, 0.3) is 0 Å². The second kappa shape index (κ2) is 5.06. The number of aliphatic hydroxyl groups excluding tert-OH is 1. The minimum Gasteiger partial charge on any atom is -0.469 e. The second-order valence-electron chi connectivity index (χ2n) is 4.20. The molecule has 4 heteroatoms. The molecule has 0 aliphatic heterocycles. The minimum absolute atomic E-state index is 0.211. The van der Waals surface area contributed by atoms with Gasteiger partial charge < -0.3 is 14.8 Å². The van der Waals surface area contributed by atoms with Crippen molar-refractivity contribution < 1.29 is 14.3 Å². The van der Waals surface area contributed by atoms with E-state index in [0.29, 0.717) is 17.0 Å². The Bertz CT molecular complexity index is 540. The van der Waals surface area contributed by atoms with Crippen molar-refractivity contribution in [1.82, 2.24) is 0 Å². The predicted molar refractivity (Wildman–Crippen MR) is 68.5 cm³/mol. The molecule has 0 fully saturated rings. The SMILES string of the molecule is Cc1cc(C(=O)Nc2ccc(C(C)O)cc2)co1. The first-order valence-electron chi connectivity index (χ1n) is 5.71. The van der Waals surface area contributed by atoms with E-state index in [1.165, 1.54) is 6.26 Å². The number of hydrogen-bond donors (Lipinski definition) is 2. The van der Waals surface area contributed by atoms with E-state index in [0.717, 1.165) is 5.56 Å². The summed E-state index contributed by atoms with van der Waals surface area (Å²) in [5.74, 6) is 0.487. The van der Waals surface area contributed by atoms with Crippen LogP contribution < -0.4 is 5.32 Å². The summed E-state index contributed by atoms with van der Waals surface area (Å²) in [6, 6.07) is 8.75. The summed E-state index contributed by atoms with van der Waals surface area (Å²) in [5.41, 5.74) is 1.99.